The molecular weight excluding hydrogens is 292 g/mol. The van der Waals surface area contributed by atoms with Crippen molar-refractivity contribution in [3.8, 4) is 0 Å². The number of fused-ring (bicyclic) bond motifs is 3. The number of hydrazine groups is 1. The maximum Gasteiger partial charge on any atom is 0.0891 e. The molecule has 3 aromatic rings. The standard InChI is InChI=1S/C22H20N2/c1-3-10-18(11-4-1)22(19-12-5-2-6-13-19)16-20-15-17-9-7-8-14-21(17)24(20)23-22/h1-14,20,23H,15-16H2/t20-/m1/s1. The van der Waals surface area contributed by atoms with Crippen molar-refractivity contribution in [1.82, 2.24) is 5.43 Å². The van der Waals surface area contributed by atoms with E-state index in [1.165, 1.54) is 22.4 Å². The Morgan fingerprint density at radius 2 is 1.33 bits per heavy atom. The van der Waals surface area contributed by atoms with Crippen LogP contribution in [0.15, 0.2) is 84.9 Å². The van der Waals surface area contributed by atoms with Crippen molar-refractivity contribution in [3.05, 3.63) is 102 Å². The van der Waals surface area contributed by atoms with Crippen molar-refractivity contribution in [2.75, 3.05) is 5.01 Å². The van der Waals surface area contributed by atoms with E-state index in [1.807, 2.05) is 0 Å². The van der Waals surface area contributed by atoms with Gasteiger partial charge < -0.3 is 5.01 Å². The summed E-state index contributed by atoms with van der Waals surface area (Å²) >= 11 is 0. The number of para-hydroxylation sites is 1. The van der Waals surface area contributed by atoms with Crippen LogP contribution < -0.4 is 10.4 Å². The summed E-state index contributed by atoms with van der Waals surface area (Å²) in [5, 5.41) is 2.40. The van der Waals surface area contributed by atoms with Crippen LogP contribution in [0.2, 0.25) is 0 Å². The number of rotatable bonds is 2. The number of nitrogens with one attached hydrogen (secondary N) is 1. The van der Waals surface area contributed by atoms with Gasteiger partial charge in [-0.1, -0.05) is 78.9 Å². The van der Waals surface area contributed by atoms with Crippen molar-refractivity contribution >= 4 is 5.69 Å². The van der Waals surface area contributed by atoms with Crippen LogP contribution in [0.5, 0.6) is 0 Å². The topological polar surface area (TPSA) is 15.3 Å². The van der Waals surface area contributed by atoms with E-state index in [2.05, 4.69) is 95.4 Å². The zero-order chi connectivity index (χ0) is 16.0. The average Bonchev–Trinajstić information content (AvgIpc) is 3.19. The molecule has 2 aliphatic rings. The Hall–Kier alpha value is -2.58. The third kappa shape index (κ3) is 1.93. The predicted molar refractivity (Wildman–Crippen MR) is 97.8 cm³/mol. The highest BCUT2D eigenvalue weighted by Gasteiger charge is 2.48. The summed E-state index contributed by atoms with van der Waals surface area (Å²) in [6, 6.07) is 31.0. The van der Waals surface area contributed by atoms with Gasteiger partial charge in [0.05, 0.1) is 17.3 Å². The van der Waals surface area contributed by atoms with Crippen LogP contribution in [0, 0.1) is 0 Å². The Morgan fingerprint density at radius 3 is 2.00 bits per heavy atom. The highest BCUT2D eigenvalue weighted by atomic mass is 15.6. The molecule has 118 valence electrons. The summed E-state index contributed by atoms with van der Waals surface area (Å²) < 4.78 is 0. The minimum Gasteiger partial charge on any atom is -0.304 e. The molecule has 0 spiro atoms. The molecule has 5 rings (SSSR count). The first-order valence-corrected chi connectivity index (χ1v) is 8.63. The Bertz CT molecular complexity index is 818. The van der Waals surface area contributed by atoms with E-state index in [-0.39, 0.29) is 5.54 Å². The van der Waals surface area contributed by atoms with Crippen LogP contribution in [-0.2, 0) is 12.0 Å². The highest BCUT2D eigenvalue weighted by Crippen LogP contribution is 2.46. The lowest BCUT2D eigenvalue weighted by Gasteiger charge is -2.32. The molecule has 0 saturated carbocycles. The molecular formula is C22H20N2. The normalized spacial score (nSPS) is 20.7. The molecule has 3 aromatic carbocycles. The van der Waals surface area contributed by atoms with Gasteiger partial charge in [-0.3, -0.25) is 0 Å². The van der Waals surface area contributed by atoms with Gasteiger partial charge in [0.2, 0.25) is 0 Å². The highest BCUT2D eigenvalue weighted by molar-refractivity contribution is 5.61. The molecule has 0 aliphatic carbocycles. The number of benzene rings is 3. The van der Waals surface area contributed by atoms with E-state index < -0.39 is 0 Å². The van der Waals surface area contributed by atoms with E-state index in [0.29, 0.717) is 6.04 Å². The number of nitrogens with zero attached hydrogens (tertiary/aromatic N) is 1. The van der Waals surface area contributed by atoms with Crippen molar-refractivity contribution in [2.24, 2.45) is 0 Å². The molecule has 0 bridgehead atoms. The van der Waals surface area contributed by atoms with Gasteiger partial charge in [-0.25, -0.2) is 5.43 Å². The van der Waals surface area contributed by atoms with E-state index in [4.69, 9.17) is 0 Å². The van der Waals surface area contributed by atoms with Gasteiger partial charge in [0.1, 0.15) is 0 Å². The second kappa shape index (κ2) is 5.22. The summed E-state index contributed by atoms with van der Waals surface area (Å²) in [5.74, 6) is 0. The van der Waals surface area contributed by atoms with Crippen LogP contribution in [0.3, 0.4) is 0 Å². The summed E-state index contributed by atoms with van der Waals surface area (Å²) in [7, 11) is 0. The maximum atomic E-state index is 3.89. The van der Waals surface area contributed by atoms with Crippen molar-refractivity contribution in [3.63, 3.8) is 0 Å². The zero-order valence-corrected chi connectivity index (χ0v) is 13.5. The monoisotopic (exact) mass is 312 g/mol. The Labute approximate surface area is 142 Å². The average molecular weight is 312 g/mol. The van der Waals surface area contributed by atoms with Gasteiger partial charge in [0, 0.05) is 0 Å². The van der Waals surface area contributed by atoms with E-state index in [1.54, 1.807) is 0 Å². The summed E-state index contributed by atoms with van der Waals surface area (Å²) in [4.78, 5) is 0. The lowest BCUT2D eigenvalue weighted by atomic mass is 9.79. The molecule has 0 aromatic heterocycles. The minimum atomic E-state index is -0.152. The fraction of sp³-hybridized carbons (Fsp3) is 0.182. The van der Waals surface area contributed by atoms with Gasteiger partial charge in [-0.05, 0) is 35.6 Å². The summed E-state index contributed by atoms with van der Waals surface area (Å²) in [6.45, 7) is 0. The quantitative estimate of drug-likeness (QED) is 0.760. The van der Waals surface area contributed by atoms with Crippen LogP contribution in [0.4, 0.5) is 5.69 Å². The maximum absolute atomic E-state index is 3.89. The molecule has 1 atom stereocenters. The fourth-order valence-corrected chi connectivity index (χ4v) is 4.36. The number of anilines is 1. The van der Waals surface area contributed by atoms with E-state index in [0.717, 1.165) is 12.8 Å². The third-order valence-corrected chi connectivity index (χ3v) is 5.46. The van der Waals surface area contributed by atoms with E-state index >= 15 is 0 Å². The Morgan fingerprint density at radius 1 is 0.750 bits per heavy atom. The first kappa shape index (κ1) is 13.8. The number of hydrogen-bond acceptors (Lipinski definition) is 2. The fourth-order valence-electron chi connectivity index (χ4n) is 4.36. The van der Waals surface area contributed by atoms with Crippen LogP contribution in [0.1, 0.15) is 23.1 Å². The molecule has 1 fully saturated rings. The van der Waals surface area contributed by atoms with Gasteiger partial charge in [-0.2, -0.15) is 0 Å². The van der Waals surface area contributed by atoms with Crippen molar-refractivity contribution in [2.45, 2.75) is 24.4 Å². The molecule has 24 heavy (non-hydrogen) atoms. The Kier molecular flexibility index (Phi) is 3.00. The van der Waals surface area contributed by atoms with Crippen molar-refractivity contribution < 1.29 is 0 Å². The summed E-state index contributed by atoms with van der Waals surface area (Å²) in [5.41, 5.74) is 9.19. The zero-order valence-electron chi connectivity index (χ0n) is 13.5. The molecule has 0 unspecified atom stereocenters. The van der Waals surface area contributed by atoms with Gasteiger partial charge in [-0.15, -0.1) is 0 Å². The first-order chi connectivity index (χ1) is 11.9. The SMILES string of the molecule is c1ccc(C2(c3ccccc3)C[C@H]3Cc4ccccc4N3N2)cc1. The predicted octanol–water partition coefficient (Wildman–Crippen LogP) is 4.27. The van der Waals surface area contributed by atoms with Crippen LogP contribution in [0.25, 0.3) is 0 Å². The lowest BCUT2D eigenvalue weighted by molar-refractivity contribution is 0.461. The lowest BCUT2D eigenvalue weighted by Crippen LogP contribution is -2.45. The Balaban J connectivity index is 1.64. The molecule has 0 amide bonds. The molecule has 0 radical (unpaired) electrons. The van der Waals surface area contributed by atoms with Gasteiger partial charge >= 0.3 is 0 Å². The largest absolute Gasteiger partial charge is 0.304 e. The van der Waals surface area contributed by atoms with Crippen LogP contribution in [-0.4, -0.2) is 6.04 Å². The molecule has 2 aliphatic heterocycles. The second-order valence-electron chi connectivity index (χ2n) is 6.81. The van der Waals surface area contributed by atoms with E-state index in [9.17, 15) is 0 Å². The van der Waals surface area contributed by atoms with Gasteiger partial charge in [0.25, 0.3) is 0 Å². The smallest absolute Gasteiger partial charge is 0.0891 e. The summed E-state index contributed by atoms with van der Waals surface area (Å²) in [6.07, 6.45) is 2.19. The molecule has 2 nitrogen and oxygen atoms in total. The third-order valence-electron chi connectivity index (χ3n) is 5.46. The minimum absolute atomic E-state index is 0.152. The molecule has 2 heteroatoms. The van der Waals surface area contributed by atoms with Crippen LogP contribution >= 0.6 is 0 Å². The number of hydrogen-bond donors (Lipinski definition) is 1. The molecule has 2 heterocycles. The molecule has 1 N–H and O–H groups in total. The van der Waals surface area contributed by atoms with Gasteiger partial charge in [0.15, 0.2) is 0 Å². The molecule has 1 saturated heterocycles. The van der Waals surface area contributed by atoms with Crippen molar-refractivity contribution in [1.29, 1.82) is 0 Å². The second-order valence-corrected chi connectivity index (χ2v) is 6.81. The first-order valence-electron chi connectivity index (χ1n) is 8.63.